The minimum atomic E-state index is -0.874. The molecule has 1 unspecified atom stereocenters. The number of aliphatic hydroxyl groups excluding tert-OH is 1. The lowest BCUT2D eigenvalue weighted by Crippen LogP contribution is -2.66. The summed E-state index contributed by atoms with van der Waals surface area (Å²) in [6, 6.07) is 8.17. The molecular weight excluding hydrogens is 624 g/mol. The van der Waals surface area contributed by atoms with Gasteiger partial charge in [-0.2, -0.15) is 5.10 Å². The van der Waals surface area contributed by atoms with Crippen LogP contribution in [-0.4, -0.2) is 64.5 Å². The van der Waals surface area contributed by atoms with E-state index in [0.717, 1.165) is 48.1 Å². The number of ether oxygens (including phenoxy) is 5. The first-order valence-electron chi connectivity index (χ1n) is 16.2. The summed E-state index contributed by atoms with van der Waals surface area (Å²) < 4.78 is 32.5. The zero-order valence-corrected chi connectivity index (χ0v) is 27.4. The predicted octanol–water partition coefficient (Wildman–Crippen LogP) is 6.04. The summed E-state index contributed by atoms with van der Waals surface area (Å²) in [6.07, 6.45) is 12.6. The van der Waals surface area contributed by atoms with Crippen molar-refractivity contribution in [3.8, 4) is 11.4 Å². The summed E-state index contributed by atoms with van der Waals surface area (Å²) in [6.45, 7) is 8.50. The monoisotopic (exact) mass is 666 g/mol. The predicted molar refractivity (Wildman–Crippen MR) is 168 cm³/mol. The van der Waals surface area contributed by atoms with E-state index in [4.69, 9.17) is 28.8 Å². The van der Waals surface area contributed by atoms with Crippen molar-refractivity contribution in [2.75, 3.05) is 32.1 Å². The summed E-state index contributed by atoms with van der Waals surface area (Å²) in [5.74, 6) is 1.33. The Kier molecular flexibility index (Phi) is 7.02. The summed E-state index contributed by atoms with van der Waals surface area (Å²) in [7, 11) is 0. The summed E-state index contributed by atoms with van der Waals surface area (Å²) in [5.41, 5.74) is 3.87. The van der Waals surface area contributed by atoms with Gasteiger partial charge >= 0.3 is 0 Å². The van der Waals surface area contributed by atoms with Crippen molar-refractivity contribution in [1.82, 2.24) is 9.78 Å². The van der Waals surface area contributed by atoms with E-state index in [1.165, 1.54) is 11.1 Å². The molecule has 0 radical (unpaired) electrons. The number of alkyl halides is 1. The van der Waals surface area contributed by atoms with Gasteiger partial charge in [0.05, 0.1) is 23.7 Å². The van der Waals surface area contributed by atoms with E-state index in [1.807, 2.05) is 30.5 Å². The highest BCUT2D eigenvalue weighted by molar-refractivity contribution is 9.09. The number of allylic oxidation sites excluding steroid dienone is 2. The van der Waals surface area contributed by atoms with Gasteiger partial charge in [0.2, 0.25) is 5.79 Å². The topological polar surface area (TPSA) is 84.2 Å². The lowest BCUT2D eigenvalue weighted by Gasteiger charge is -2.62. The Balaban J connectivity index is 1.09. The third-order valence-corrected chi connectivity index (χ3v) is 12.8. The number of hydrogen-bond acceptors (Lipinski definition) is 7. The summed E-state index contributed by atoms with van der Waals surface area (Å²) in [4.78, 5) is 0. The van der Waals surface area contributed by atoms with E-state index < -0.39 is 17.5 Å². The van der Waals surface area contributed by atoms with Crippen molar-refractivity contribution in [2.45, 2.75) is 70.4 Å². The van der Waals surface area contributed by atoms with Crippen molar-refractivity contribution in [1.29, 1.82) is 0 Å². The van der Waals surface area contributed by atoms with Gasteiger partial charge in [-0.1, -0.05) is 54.4 Å². The molecule has 1 N–H and O–H groups in total. The van der Waals surface area contributed by atoms with Crippen LogP contribution < -0.4 is 4.74 Å². The normalized spacial score (nSPS) is 42.4. The molecule has 0 amide bonds. The minimum Gasteiger partial charge on any atom is -0.490 e. The molecule has 8 nitrogen and oxygen atoms in total. The van der Waals surface area contributed by atoms with E-state index >= 15 is 0 Å². The van der Waals surface area contributed by atoms with Crippen LogP contribution in [0, 0.1) is 34.5 Å². The van der Waals surface area contributed by atoms with Gasteiger partial charge in [-0.05, 0) is 97.1 Å². The summed E-state index contributed by atoms with van der Waals surface area (Å²) in [5, 5.41) is 17.9. The number of fused-ring (bicyclic) bond motifs is 8. The molecule has 9 atom stereocenters. The first-order chi connectivity index (χ1) is 21.3. The van der Waals surface area contributed by atoms with Crippen LogP contribution in [0.3, 0.4) is 0 Å². The highest BCUT2D eigenvalue weighted by Crippen LogP contribution is 2.72. The number of aliphatic hydroxyl groups is 1. The van der Waals surface area contributed by atoms with Gasteiger partial charge in [-0.3, -0.25) is 0 Å². The Bertz CT molecular complexity index is 1480. The van der Waals surface area contributed by atoms with E-state index in [-0.39, 0.29) is 30.3 Å². The maximum Gasteiger partial charge on any atom is 0.226 e. The Hall–Kier alpha value is -2.01. The van der Waals surface area contributed by atoms with Crippen molar-refractivity contribution >= 4 is 22.0 Å². The maximum atomic E-state index is 12.2. The molecule has 4 aliphatic carbocycles. The smallest absolute Gasteiger partial charge is 0.226 e. The van der Waals surface area contributed by atoms with E-state index in [1.54, 1.807) is 0 Å². The molecule has 2 saturated heterocycles. The second-order valence-corrected chi connectivity index (χ2v) is 15.0. The lowest BCUT2D eigenvalue weighted by atomic mass is 9.43. The largest absolute Gasteiger partial charge is 0.490 e. The zero-order valence-electron chi connectivity index (χ0n) is 25.8. The van der Waals surface area contributed by atoms with Gasteiger partial charge in [0, 0.05) is 10.7 Å². The Morgan fingerprint density at radius 2 is 1.95 bits per heavy atom. The molecule has 8 rings (SSSR count). The first kappa shape index (κ1) is 29.4. The van der Waals surface area contributed by atoms with Gasteiger partial charge in [0.1, 0.15) is 24.6 Å². The van der Waals surface area contributed by atoms with Gasteiger partial charge in [0.25, 0.3) is 0 Å². The second-order valence-electron chi connectivity index (χ2n) is 14.3. The van der Waals surface area contributed by atoms with Crippen LogP contribution in [0.25, 0.3) is 11.8 Å². The first-order valence-corrected chi connectivity index (χ1v) is 17.3. The van der Waals surface area contributed by atoms with Gasteiger partial charge in [0.15, 0.2) is 13.6 Å². The Morgan fingerprint density at radius 3 is 2.73 bits per heavy atom. The molecule has 2 aliphatic heterocycles. The second kappa shape index (κ2) is 10.5. The average Bonchev–Trinajstić information content (AvgIpc) is 3.78. The van der Waals surface area contributed by atoms with Crippen LogP contribution in [0.1, 0.15) is 57.7 Å². The van der Waals surface area contributed by atoms with Crippen molar-refractivity contribution in [2.24, 2.45) is 34.5 Å². The van der Waals surface area contributed by atoms with Crippen molar-refractivity contribution in [3.05, 3.63) is 59.4 Å². The molecule has 6 aliphatic rings. The minimum absolute atomic E-state index is 0.141. The standard InChI is InChI=1S/C35H43BrN2O6/c1-22-14-26-27-10-11-34(35(44-21-42-34)19-40-20-43-35)33(27,3)17-30(39)31(26)32(2)16-23-18-37-38(29(23)15-28(22)32)24-6-8-25(9-7-24)41-13-5-4-12-36/h4-9,15,18,22,26-27,30-31,39H,10-14,16-17,19-21H2,1-3H3/b5-4-/t22-,26-,27-,30-,31+,32-,33-,34+,35?/m0/s1. The molecule has 5 fully saturated rings. The number of rotatable bonds is 5. The Labute approximate surface area is 267 Å². The number of aromatic nitrogens is 2. The van der Waals surface area contributed by atoms with Gasteiger partial charge in [-0.15, -0.1) is 0 Å². The van der Waals surface area contributed by atoms with Crippen LogP contribution in [0.5, 0.6) is 5.75 Å². The third kappa shape index (κ3) is 3.95. The van der Waals surface area contributed by atoms with Crippen LogP contribution >= 0.6 is 15.9 Å². The van der Waals surface area contributed by atoms with Crippen LogP contribution in [0.2, 0.25) is 0 Å². The molecule has 0 bridgehead atoms. The molecule has 1 aromatic heterocycles. The number of halogens is 1. The Morgan fingerprint density at radius 1 is 1.14 bits per heavy atom. The van der Waals surface area contributed by atoms with Crippen LogP contribution in [0.4, 0.5) is 0 Å². The van der Waals surface area contributed by atoms with Crippen LogP contribution in [-0.2, 0) is 25.4 Å². The third-order valence-electron chi connectivity index (χ3n) is 12.4. The molecule has 44 heavy (non-hydrogen) atoms. The van der Waals surface area contributed by atoms with E-state index in [2.05, 4.69) is 59.6 Å². The molecule has 3 saturated carbocycles. The molecule has 2 spiro atoms. The molecule has 236 valence electrons. The average molecular weight is 668 g/mol. The highest BCUT2D eigenvalue weighted by atomic mass is 79.9. The highest BCUT2D eigenvalue weighted by Gasteiger charge is 2.77. The molecule has 1 aromatic carbocycles. The van der Waals surface area contributed by atoms with E-state index in [0.29, 0.717) is 37.4 Å². The van der Waals surface area contributed by atoms with Crippen molar-refractivity contribution in [3.63, 3.8) is 0 Å². The fourth-order valence-electron chi connectivity index (χ4n) is 10.8. The van der Waals surface area contributed by atoms with Gasteiger partial charge in [-0.25, -0.2) is 4.68 Å². The molecular formula is C35H43BrN2O6. The molecule has 9 heteroatoms. The fraction of sp³-hybridized carbons (Fsp3) is 0.629. The SMILES string of the molecule is C[C@H]1C[C@@H]2[C@H]([C@@H](O)C[C@@]3(C)[C@H]2CC[C@@]32OCOC23COCO3)[C@@]2(C)Cc3cnn(-c4ccc(OC/C=C\CBr)cc4)c3C=C12. The molecule has 3 heterocycles. The molecule has 2 aromatic rings. The van der Waals surface area contributed by atoms with Gasteiger partial charge < -0.3 is 28.8 Å². The number of hydrogen-bond donors (Lipinski definition) is 1. The fourth-order valence-corrected chi connectivity index (χ4v) is 11.0. The maximum absolute atomic E-state index is 12.2. The quantitative estimate of drug-likeness (QED) is 0.308. The van der Waals surface area contributed by atoms with Crippen LogP contribution in [0.15, 0.2) is 48.2 Å². The zero-order chi connectivity index (χ0) is 30.3. The lowest BCUT2D eigenvalue weighted by molar-refractivity contribution is -0.258. The van der Waals surface area contributed by atoms with Crippen molar-refractivity contribution < 1.29 is 28.8 Å². The summed E-state index contributed by atoms with van der Waals surface area (Å²) >= 11 is 3.39. The number of nitrogens with zero attached hydrogens (tertiary/aromatic N) is 2. The number of benzene rings is 1. The van der Waals surface area contributed by atoms with E-state index in [9.17, 15) is 5.11 Å².